The minimum absolute atomic E-state index is 0.0708. The third-order valence-electron chi connectivity index (χ3n) is 5.65. The lowest BCUT2D eigenvalue weighted by atomic mass is 9.91. The first-order valence-electron chi connectivity index (χ1n) is 9.29. The van der Waals surface area contributed by atoms with Gasteiger partial charge in [-0.15, -0.1) is 0 Å². The van der Waals surface area contributed by atoms with Gasteiger partial charge in [-0.2, -0.15) is 15.4 Å². The molecule has 142 valence electrons. The summed E-state index contributed by atoms with van der Waals surface area (Å²) in [5, 5.41) is 13.0. The number of nitrogens with one attached hydrogen (secondary N) is 2. The molecule has 2 bridgehead atoms. The number of amides is 2. The Morgan fingerprint density at radius 3 is 2.70 bits per heavy atom. The normalized spacial score (nSPS) is 24.0. The fraction of sp³-hybridized carbons (Fsp3) is 0.474. The molecule has 7 nitrogen and oxygen atoms in total. The summed E-state index contributed by atoms with van der Waals surface area (Å²) in [5.41, 5.74) is 1.11. The number of benzene rings is 1. The SMILES string of the molecule is O=C(NC1[C@@H]2CC[C@H]1CN(C(=O)CCc1cccc(F)c1)C2)c1cn[nH]n1. The number of hydrogen-bond donors (Lipinski definition) is 2. The number of piperidine rings is 1. The molecular formula is C19H22FN5O2. The molecule has 0 radical (unpaired) electrons. The van der Waals surface area contributed by atoms with Crippen molar-refractivity contribution in [1.29, 1.82) is 0 Å². The fourth-order valence-corrected chi connectivity index (χ4v) is 4.30. The Morgan fingerprint density at radius 1 is 1.26 bits per heavy atom. The predicted molar refractivity (Wildman–Crippen MR) is 95.2 cm³/mol. The molecule has 2 aromatic rings. The first-order chi connectivity index (χ1) is 13.1. The van der Waals surface area contributed by atoms with Crippen LogP contribution in [0, 0.1) is 17.7 Å². The molecule has 2 amide bonds. The minimum Gasteiger partial charge on any atom is -0.347 e. The molecule has 2 N–H and O–H groups in total. The smallest absolute Gasteiger partial charge is 0.273 e. The van der Waals surface area contributed by atoms with Crippen LogP contribution in [-0.2, 0) is 11.2 Å². The van der Waals surface area contributed by atoms with E-state index in [9.17, 15) is 14.0 Å². The zero-order valence-electron chi connectivity index (χ0n) is 14.9. The quantitative estimate of drug-likeness (QED) is 0.834. The lowest BCUT2D eigenvalue weighted by Gasteiger charge is -2.38. The predicted octanol–water partition coefficient (Wildman–Crippen LogP) is 1.54. The molecule has 4 rings (SSSR count). The average Bonchev–Trinajstić information content (AvgIpc) is 3.26. The van der Waals surface area contributed by atoms with Crippen molar-refractivity contribution in [2.75, 3.05) is 13.1 Å². The van der Waals surface area contributed by atoms with E-state index >= 15 is 0 Å². The fourth-order valence-electron chi connectivity index (χ4n) is 4.30. The number of aromatic nitrogens is 3. The zero-order chi connectivity index (χ0) is 18.8. The molecule has 1 aliphatic carbocycles. The van der Waals surface area contributed by atoms with Gasteiger partial charge in [-0.25, -0.2) is 4.39 Å². The van der Waals surface area contributed by atoms with Gasteiger partial charge in [0.25, 0.3) is 5.91 Å². The highest BCUT2D eigenvalue weighted by atomic mass is 19.1. The maximum absolute atomic E-state index is 13.3. The van der Waals surface area contributed by atoms with Crippen molar-refractivity contribution in [2.45, 2.75) is 31.7 Å². The molecule has 0 spiro atoms. The average molecular weight is 371 g/mol. The number of hydrogen-bond acceptors (Lipinski definition) is 4. The number of rotatable bonds is 5. The lowest BCUT2D eigenvalue weighted by molar-refractivity contribution is -0.133. The molecule has 27 heavy (non-hydrogen) atoms. The summed E-state index contributed by atoms with van der Waals surface area (Å²) in [7, 11) is 0. The van der Waals surface area contributed by atoms with Crippen LogP contribution in [0.2, 0.25) is 0 Å². The summed E-state index contributed by atoms with van der Waals surface area (Å²) in [5.74, 6) is 0.117. The van der Waals surface area contributed by atoms with Gasteiger partial charge in [0.1, 0.15) is 5.82 Å². The van der Waals surface area contributed by atoms with E-state index < -0.39 is 0 Å². The van der Waals surface area contributed by atoms with Gasteiger partial charge in [-0.05, 0) is 48.8 Å². The number of halogens is 1. The van der Waals surface area contributed by atoms with Crippen LogP contribution in [0.3, 0.4) is 0 Å². The van der Waals surface area contributed by atoms with E-state index in [2.05, 4.69) is 20.7 Å². The van der Waals surface area contributed by atoms with Crippen LogP contribution in [0.15, 0.2) is 30.5 Å². The minimum atomic E-state index is -0.276. The molecule has 2 fully saturated rings. The van der Waals surface area contributed by atoms with Crippen molar-refractivity contribution in [2.24, 2.45) is 11.8 Å². The summed E-state index contributed by atoms with van der Waals surface area (Å²) in [4.78, 5) is 26.8. The number of carbonyl (C=O) groups excluding carboxylic acids is 2. The topological polar surface area (TPSA) is 91.0 Å². The van der Waals surface area contributed by atoms with Gasteiger partial charge in [0.2, 0.25) is 5.91 Å². The molecule has 8 heteroatoms. The number of likely N-dealkylation sites (tertiary alicyclic amines) is 1. The molecule has 3 atom stereocenters. The molecule has 1 aliphatic heterocycles. The Kier molecular flexibility index (Phi) is 4.87. The largest absolute Gasteiger partial charge is 0.347 e. The Labute approximate surface area is 156 Å². The van der Waals surface area contributed by atoms with Crippen molar-refractivity contribution in [3.63, 3.8) is 0 Å². The van der Waals surface area contributed by atoms with E-state index in [0.29, 0.717) is 25.9 Å². The number of carbonyl (C=O) groups is 2. The molecule has 1 aromatic carbocycles. The molecular weight excluding hydrogens is 349 g/mol. The Hall–Kier alpha value is -2.77. The van der Waals surface area contributed by atoms with Crippen molar-refractivity contribution >= 4 is 11.8 Å². The second kappa shape index (κ2) is 7.46. The van der Waals surface area contributed by atoms with Crippen LogP contribution in [0.1, 0.15) is 35.3 Å². The highest BCUT2D eigenvalue weighted by Gasteiger charge is 2.44. The summed E-state index contributed by atoms with van der Waals surface area (Å²) in [6.45, 7) is 1.31. The van der Waals surface area contributed by atoms with Gasteiger partial charge >= 0.3 is 0 Å². The Morgan fingerprint density at radius 2 is 2.04 bits per heavy atom. The molecule has 1 unspecified atom stereocenters. The van der Waals surface area contributed by atoms with Gasteiger partial charge in [0.15, 0.2) is 5.69 Å². The number of fused-ring (bicyclic) bond motifs is 2. The first kappa shape index (κ1) is 17.6. The second-order valence-corrected chi connectivity index (χ2v) is 7.38. The summed E-state index contributed by atoms with van der Waals surface area (Å²) in [6, 6.07) is 6.45. The van der Waals surface area contributed by atoms with Gasteiger partial charge in [-0.1, -0.05) is 12.1 Å². The maximum atomic E-state index is 13.3. The van der Waals surface area contributed by atoms with Crippen LogP contribution in [0.4, 0.5) is 4.39 Å². The van der Waals surface area contributed by atoms with Crippen molar-refractivity contribution in [3.05, 3.63) is 47.5 Å². The monoisotopic (exact) mass is 371 g/mol. The zero-order valence-corrected chi connectivity index (χ0v) is 14.9. The van der Waals surface area contributed by atoms with Crippen molar-refractivity contribution in [3.8, 4) is 0 Å². The molecule has 1 saturated heterocycles. The Bertz CT molecular complexity index is 811. The second-order valence-electron chi connectivity index (χ2n) is 7.38. The lowest BCUT2D eigenvalue weighted by Crippen LogP contribution is -2.54. The third-order valence-corrected chi connectivity index (χ3v) is 5.65. The van der Waals surface area contributed by atoms with E-state index in [1.165, 1.54) is 18.3 Å². The molecule has 1 saturated carbocycles. The van der Waals surface area contributed by atoms with Gasteiger partial charge in [0.05, 0.1) is 6.20 Å². The van der Waals surface area contributed by atoms with E-state index in [1.54, 1.807) is 6.07 Å². The van der Waals surface area contributed by atoms with E-state index in [-0.39, 0.29) is 41.2 Å². The van der Waals surface area contributed by atoms with E-state index in [1.807, 2.05) is 11.0 Å². The van der Waals surface area contributed by atoms with Gasteiger partial charge in [0, 0.05) is 25.6 Å². The van der Waals surface area contributed by atoms with Crippen molar-refractivity contribution in [1.82, 2.24) is 25.6 Å². The van der Waals surface area contributed by atoms with Crippen LogP contribution >= 0.6 is 0 Å². The number of nitrogens with zero attached hydrogens (tertiary/aromatic N) is 3. The van der Waals surface area contributed by atoms with Crippen LogP contribution < -0.4 is 5.32 Å². The molecule has 2 aliphatic rings. The molecule has 1 aromatic heterocycles. The summed E-state index contributed by atoms with van der Waals surface area (Å²) in [6.07, 6.45) is 4.32. The van der Waals surface area contributed by atoms with Gasteiger partial charge < -0.3 is 10.2 Å². The van der Waals surface area contributed by atoms with Crippen molar-refractivity contribution < 1.29 is 14.0 Å². The summed E-state index contributed by atoms with van der Waals surface area (Å²) >= 11 is 0. The first-order valence-corrected chi connectivity index (χ1v) is 9.29. The van der Waals surface area contributed by atoms with Gasteiger partial charge in [-0.3, -0.25) is 9.59 Å². The molecule has 2 heterocycles. The third kappa shape index (κ3) is 3.84. The van der Waals surface area contributed by atoms with Crippen LogP contribution in [0.5, 0.6) is 0 Å². The standard InChI is InChI=1S/C19H22FN5O2/c20-15-3-1-2-12(8-15)4-7-17(26)25-10-13-5-6-14(11-25)18(13)22-19(27)16-9-21-24-23-16/h1-3,8-9,13-14,18H,4-7,10-11H2,(H,22,27)(H,21,23,24)/t13-,14+,18?. The van der Waals surface area contributed by atoms with Crippen LogP contribution in [0.25, 0.3) is 0 Å². The highest BCUT2D eigenvalue weighted by molar-refractivity contribution is 5.92. The Balaban J connectivity index is 1.32. The van der Waals surface area contributed by atoms with Crippen LogP contribution in [-0.4, -0.2) is 51.3 Å². The van der Waals surface area contributed by atoms with E-state index in [4.69, 9.17) is 0 Å². The van der Waals surface area contributed by atoms with E-state index in [0.717, 1.165) is 18.4 Å². The highest BCUT2D eigenvalue weighted by Crippen LogP contribution is 2.37. The summed E-state index contributed by atoms with van der Waals surface area (Å²) < 4.78 is 13.3. The number of aryl methyl sites for hydroxylation is 1. The maximum Gasteiger partial charge on any atom is 0.273 e. The number of aromatic amines is 1. The number of H-pyrrole nitrogens is 1.